The van der Waals surface area contributed by atoms with E-state index in [0.717, 1.165) is 10.2 Å². The molecule has 1 fully saturated rings. The number of carboxylic acid groups (broad SMARTS) is 1. The van der Waals surface area contributed by atoms with E-state index in [2.05, 4.69) is 15.9 Å². The van der Waals surface area contributed by atoms with E-state index < -0.39 is 5.97 Å². The van der Waals surface area contributed by atoms with Gasteiger partial charge in [0.2, 0.25) is 5.91 Å². The number of hydrogen-bond donors (Lipinski definition) is 1. The lowest BCUT2D eigenvalue weighted by atomic mass is 10.1. The average molecular weight is 298 g/mol. The van der Waals surface area contributed by atoms with E-state index in [4.69, 9.17) is 5.11 Å². The summed E-state index contributed by atoms with van der Waals surface area (Å²) in [4.78, 5) is 24.1. The molecule has 2 rings (SSSR count). The van der Waals surface area contributed by atoms with Gasteiger partial charge in [-0.05, 0) is 24.1 Å². The summed E-state index contributed by atoms with van der Waals surface area (Å²) in [5, 5.41) is 8.72. The maximum Gasteiger partial charge on any atom is 0.303 e. The molecule has 17 heavy (non-hydrogen) atoms. The van der Waals surface area contributed by atoms with Crippen molar-refractivity contribution in [2.45, 2.75) is 12.8 Å². The van der Waals surface area contributed by atoms with E-state index in [1.165, 1.54) is 0 Å². The highest BCUT2D eigenvalue weighted by molar-refractivity contribution is 9.10. The number of halogens is 1. The molecule has 1 unspecified atom stereocenters. The fraction of sp³-hybridized carbons (Fsp3) is 0.333. The van der Waals surface area contributed by atoms with Gasteiger partial charge < -0.3 is 10.0 Å². The number of anilines is 1. The highest BCUT2D eigenvalue weighted by Gasteiger charge is 2.31. The van der Waals surface area contributed by atoms with Crippen molar-refractivity contribution < 1.29 is 14.7 Å². The molecule has 1 aromatic rings. The van der Waals surface area contributed by atoms with E-state index in [0.29, 0.717) is 13.0 Å². The van der Waals surface area contributed by atoms with Crippen molar-refractivity contribution in [1.29, 1.82) is 0 Å². The van der Waals surface area contributed by atoms with Crippen LogP contribution < -0.4 is 4.90 Å². The van der Waals surface area contributed by atoms with E-state index in [1.54, 1.807) is 4.90 Å². The number of aliphatic carboxylic acids is 1. The SMILES string of the molecule is O=C(O)CC1CC(=O)N(c2cccc(Br)c2)C1. The molecule has 0 saturated carbocycles. The van der Waals surface area contributed by atoms with Crippen LogP contribution >= 0.6 is 15.9 Å². The molecule has 1 atom stereocenters. The number of rotatable bonds is 3. The summed E-state index contributed by atoms with van der Waals surface area (Å²) in [5.74, 6) is -0.938. The highest BCUT2D eigenvalue weighted by Crippen LogP contribution is 2.28. The minimum atomic E-state index is -0.848. The first-order valence-electron chi connectivity index (χ1n) is 5.34. The molecule has 1 aliphatic heterocycles. The van der Waals surface area contributed by atoms with Gasteiger partial charge in [0.15, 0.2) is 0 Å². The lowest BCUT2D eigenvalue weighted by molar-refractivity contribution is -0.137. The Morgan fingerprint density at radius 2 is 2.29 bits per heavy atom. The largest absolute Gasteiger partial charge is 0.481 e. The second-order valence-electron chi connectivity index (χ2n) is 4.15. The molecule has 4 nitrogen and oxygen atoms in total. The fourth-order valence-electron chi connectivity index (χ4n) is 2.06. The van der Waals surface area contributed by atoms with Crippen molar-refractivity contribution in [1.82, 2.24) is 0 Å². The van der Waals surface area contributed by atoms with Crippen LogP contribution in [0, 0.1) is 5.92 Å². The number of carboxylic acids is 1. The van der Waals surface area contributed by atoms with Gasteiger partial charge in [-0.2, -0.15) is 0 Å². The molecule has 1 N–H and O–H groups in total. The van der Waals surface area contributed by atoms with Crippen LogP contribution in [0.4, 0.5) is 5.69 Å². The molecule has 1 saturated heterocycles. The molecule has 1 heterocycles. The first-order valence-corrected chi connectivity index (χ1v) is 6.13. The van der Waals surface area contributed by atoms with Crippen molar-refractivity contribution in [2.24, 2.45) is 5.92 Å². The van der Waals surface area contributed by atoms with E-state index in [1.807, 2.05) is 24.3 Å². The topological polar surface area (TPSA) is 57.6 Å². The lowest BCUT2D eigenvalue weighted by Crippen LogP contribution is -2.24. The number of hydrogen-bond acceptors (Lipinski definition) is 2. The minimum Gasteiger partial charge on any atom is -0.481 e. The molecule has 1 amide bonds. The molecule has 90 valence electrons. The monoisotopic (exact) mass is 297 g/mol. The Morgan fingerprint density at radius 1 is 1.53 bits per heavy atom. The Labute approximate surface area is 107 Å². The first kappa shape index (κ1) is 12.1. The van der Waals surface area contributed by atoms with Gasteiger partial charge in [-0.15, -0.1) is 0 Å². The minimum absolute atomic E-state index is 0.00523. The number of carbonyl (C=O) groups is 2. The van der Waals surface area contributed by atoms with Crippen LogP contribution in [0.2, 0.25) is 0 Å². The van der Waals surface area contributed by atoms with Crippen LogP contribution in [0.5, 0.6) is 0 Å². The molecule has 5 heteroatoms. The summed E-state index contributed by atoms with van der Waals surface area (Å²) < 4.78 is 0.907. The van der Waals surface area contributed by atoms with Gasteiger partial charge in [0.25, 0.3) is 0 Å². The molecule has 0 aliphatic carbocycles. The summed E-state index contributed by atoms with van der Waals surface area (Å²) in [7, 11) is 0. The van der Waals surface area contributed by atoms with Gasteiger partial charge >= 0.3 is 5.97 Å². The normalized spacial score (nSPS) is 19.7. The van der Waals surface area contributed by atoms with E-state index in [9.17, 15) is 9.59 Å². The van der Waals surface area contributed by atoms with Crippen molar-refractivity contribution in [3.8, 4) is 0 Å². The van der Waals surface area contributed by atoms with Gasteiger partial charge in [-0.25, -0.2) is 0 Å². The van der Waals surface area contributed by atoms with Gasteiger partial charge in [-0.1, -0.05) is 22.0 Å². The maximum atomic E-state index is 11.8. The molecule has 0 bridgehead atoms. The third-order valence-electron chi connectivity index (χ3n) is 2.79. The number of nitrogens with zero attached hydrogens (tertiary/aromatic N) is 1. The van der Waals surface area contributed by atoms with Gasteiger partial charge in [-0.3, -0.25) is 9.59 Å². The second kappa shape index (κ2) is 4.87. The molecule has 0 radical (unpaired) electrons. The first-order chi connectivity index (χ1) is 8.06. The highest BCUT2D eigenvalue weighted by atomic mass is 79.9. The Morgan fingerprint density at radius 3 is 2.94 bits per heavy atom. The smallest absolute Gasteiger partial charge is 0.303 e. The van der Waals surface area contributed by atoms with E-state index >= 15 is 0 Å². The average Bonchev–Trinajstić information content (AvgIpc) is 2.58. The van der Waals surface area contributed by atoms with Crippen LogP contribution in [0.15, 0.2) is 28.7 Å². The van der Waals surface area contributed by atoms with Crippen molar-refractivity contribution in [3.05, 3.63) is 28.7 Å². The van der Waals surface area contributed by atoms with Gasteiger partial charge in [0, 0.05) is 23.1 Å². The van der Waals surface area contributed by atoms with E-state index in [-0.39, 0.29) is 18.2 Å². The fourth-order valence-corrected chi connectivity index (χ4v) is 2.45. The zero-order chi connectivity index (χ0) is 12.4. The zero-order valence-electron chi connectivity index (χ0n) is 9.10. The number of benzene rings is 1. The number of carbonyl (C=O) groups excluding carboxylic acids is 1. The third kappa shape index (κ3) is 2.85. The number of amides is 1. The summed E-state index contributed by atoms with van der Waals surface area (Å²) in [5.41, 5.74) is 0.817. The summed E-state index contributed by atoms with van der Waals surface area (Å²) in [6.07, 6.45) is 0.370. The van der Waals surface area contributed by atoms with Gasteiger partial charge in [0.1, 0.15) is 0 Å². The predicted molar refractivity (Wildman–Crippen MR) is 66.9 cm³/mol. The predicted octanol–water partition coefficient (Wildman–Crippen LogP) is 2.28. The Balaban J connectivity index is 2.13. The summed E-state index contributed by atoms with van der Waals surface area (Å²) in [6.45, 7) is 0.488. The lowest BCUT2D eigenvalue weighted by Gasteiger charge is -2.16. The summed E-state index contributed by atoms with van der Waals surface area (Å²) >= 11 is 3.35. The third-order valence-corrected chi connectivity index (χ3v) is 3.28. The molecule has 0 aromatic heterocycles. The van der Waals surface area contributed by atoms with Crippen LogP contribution in [-0.2, 0) is 9.59 Å². The summed E-state index contributed by atoms with van der Waals surface area (Å²) in [6, 6.07) is 7.46. The Bertz CT molecular complexity index is 461. The van der Waals surface area contributed by atoms with Crippen molar-refractivity contribution in [3.63, 3.8) is 0 Å². The zero-order valence-corrected chi connectivity index (χ0v) is 10.7. The van der Waals surface area contributed by atoms with Crippen LogP contribution in [0.1, 0.15) is 12.8 Å². The van der Waals surface area contributed by atoms with Crippen LogP contribution in [-0.4, -0.2) is 23.5 Å². The maximum absolute atomic E-state index is 11.8. The second-order valence-corrected chi connectivity index (χ2v) is 5.07. The molecule has 0 spiro atoms. The Kier molecular flexibility index (Phi) is 3.47. The van der Waals surface area contributed by atoms with Crippen LogP contribution in [0.25, 0.3) is 0 Å². The standard InChI is InChI=1S/C12H12BrNO3/c13-9-2-1-3-10(6-9)14-7-8(4-11(14)15)5-12(16)17/h1-3,6,8H,4-5,7H2,(H,16,17). The Hall–Kier alpha value is -1.36. The quantitative estimate of drug-likeness (QED) is 0.931. The molecular weight excluding hydrogens is 286 g/mol. The van der Waals surface area contributed by atoms with Crippen molar-refractivity contribution in [2.75, 3.05) is 11.4 Å². The molecule has 1 aromatic carbocycles. The van der Waals surface area contributed by atoms with Crippen molar-refractivity contribution >= 4 is 33.5 Å². The van der Waals surface area contributed by atoms with Gasteiger partial charge in [0.05, 0.1) is 6.42 Å². The molecule has 1 aliphatic rings. The molecular formula is C12H12BrNO3. The van der Waals surface area contributed by atoms with Crippen LogP contribution in [0.3, 0.4) is 0 Å².